The zero-order chi connectivity index (χ0) is 13.8. The summed E-state index contributed by atoms with van der Waals surface area (Å²) in [5.74, 6) is 0.292. The van der Waals surface area contributed by atoms with Crippen LogP contribution >= 0.6 is 0 Å². The van der Waals surface area contributed by atoms with Crippen LogP contribution in [-0.4, -0.2) is 44.7 Å². The van der Waals surface area contributed by atoms with E-state index in [-0.39, 0.29) is 5.97 Å². The average Bonchev–Trinajstić information content (AvgIpc) is 2.82. The first-order valence-electron chi connectivity index (χ1n) is 6.50. The molecule has 1 aliphatic heterocycles. The van der Waals surface area contributed by atoms with Gasteiger partial charge < -0.3 is 20.7 Å². The van der Waals surface area contributed by atoms with Crippen LogP contribution in [0.1, 0.15) is 16.8 Å². The molecular weight excluding hydrogens is 242 g/mol. The largest absolute Gasteiger partial charge is 0.465 e. The molecule has 3 N–H and O–H groups in total. The molecule has 1 unspecified atom stereocenters. The van der Waals surface area contributed by atoms with E-state index in [0.717, 1.165) is 25.3 Å². The number of methoxy groups -OCH3 is 1. The van der Waals surface area contributed by atoms with Crippen molar-refractivity contribution >= 4 is 17.3 Å². The van der Waals surface area contributed by atoms with E-state index in [0.29, 0.717) is 17.2 Å². The third-order valence-corrected chi connectivity index (χ3v) is 3.54. The fourth-order valence-electron chi connectivity index (χ4n) is 2.42. The topological polar surface area (TPSA) is 67.6 Å². The summed E-state index contributed by atoms with van der Waals surface area (Å²) >= 11 is 0. The van der Waals surface area contributed by atoms with Gasteiger partial charge in [-0.1, -0.05) is 0 Å². The molecule has 104 valence electrons. The van der Waals surface area contributed by atoms with Gasteiger partial charge in [0.25, 0.3) is 0 Å². The summed E-state index contributed by atoms with van der Waals surface area (Å²) in [6, 6.07) is 5.21. The number of esters is 1. The zero-order valence-electron chi connectivity index (χ0n) is 11.5. The molecule has 0 spiro atoms. The van der Waals surface area contributed by atoms with Gasteiger partial charge in [-0.25, -0.2) is 4.79 Å². The Bertz CT molecular complexity index is 462. The number of ether oxygens (including phenoxy) is 1. The number of nitrogens with one attached hydrogen (secondary N) is 1. The molecule has 5 nitrogen and oxygen atoms in total. The fourth-order valence-corrected chi connectivity index (χ4v) is 2.42. The molecule has 1 aromatic carbocycles. The molecule has 1 heterocycles. The van der Waals surface area contributed by atoms with Crippen molar-refractivity contribution in [2.75, 3.05) is 44.8 Å². The van der Waals surface area contributed by atoms with Crippen molar-refractivity contribution in [3.63, 3.8) is 0 Å². The minimum Gasteiger partial charge on any atom is -0.465 e. The maximum Gasteiger partial charge on any atom is 0.337 e. The molecule has 1 saturated heterocycles. The number of benzene rings is 1. The van der Waals surface area contributed by atoms with Gasteiger partial charge in [-0.2, -0.15) is 0 Å². The van der Waals surface area contributed by atoms with E-state index in [1.54, 1.807) is 12.1 Å². The van der Waals surface area contributed by atoms with Crippen molar-refractivity contribution in [1.82, 2.24) is 4.90 Å². The summed E-state index contributed by atoms with van der Waals surface area (Å²) in [6.45, 7) is 3.18. The van der Waals surface area contributed by atoms with Gasteiger partial charge >= 0.3 is 5.97 Å². The Morgan fingerprint density at radius 3 is 2.95 bits per heavy atom. The summed E-state index contributed by atoms with van der Waals surface area (Å²) in [6.07, 6.45) is 1.21. The van der Waals surface area contributed by atoms with E-state index in [2.05, 4.69) is 22.0 Å². The Labute approximate surface area is 113 Å². The number of hydrogen-bond acceptors (Lipinski definition) is 5. The average molecular weight is 263 g/mol. The minimum absolute atomic E-state index is 0.365. The molecule has 1 fully saturated rings. The van der Waals surface area contributed by atoms with Gasteiger partial charge in [0, 0.05) is 13.1 Å². The molecular formula is C14H21N3O2. The molecule has 5 heteroatoms. The van der Waals surface area contributed by atoms with Crippen LogP contribution in [0.3, 0.4) is 0 Å². The van der Waals surface area contributed by atoms with Crippen molar-refractivity contribution in [3.05, 3.63) is 23.8 Å². The lowest BCUT2D eigenvalue weighted by Gasteiger charge is -2.14. The summed E-state index contributed by atoms with van der Waals surface area (Å²) in [7, 11) is 3.50. The van der Waals surface area contributed by atoms with Crippen molar-refractivity contribution in [2.45, 2.75) is 6.42 Å². The molecule has 0 bridgehead atoms. The van der Waals surface area contributed by atoms with E-state index < -0.39 is 0 Å². The lowest BCUT2D eigenvalue weighted by atomic mass is 10.1. The SMILES string of the molecule is COC(=O)c1ccc(NCC2CCN(C)C2)c(N)c1. The second-order valence-electron chi connectivity index (χ2n) is 5.09. The third kappa shape index (κ3) is 3.38. The number of likely N-dealkylation sites (tertiary alicyclic amines) is 1. The van der Waals surface area contributed by atoms with E-state index >= 15 is 0 Å². The van der Waals surface area contributed by atoms with Crippen LogP contribution in [0.2, 0.25) is 0 Å². The minimum atomic E-state index is -0.365. The molecule has 1 aliphatic rings. The number of nitrogens with two attached hydrogens (primary N) is 1. The molecule has 0 aliphatic carbocycles. The lowest BCUT2D eigenvalue weighted by Crippen LogP contribution is -2.19. The Morgan fingerprint density at radius 2 is 2.37 bits per heavy atom. The Morgan fingerprint density at radius 1 is 1.58 bits per heavy atom. The highest BCUT2D eigenvalue weighted by Gasteiger charge is 2.19. The van der Waals surface area contributed by atoms with Crippen LogP contribution in [0.4, 0.5) is 11.4 Å². The third-order valence-electron chi connectivity index (χ3n) is 3.54. The quantitative estimate of drug-likeness (QED) is 0.635. The lowest BCUT2D eigenvalue weighted by molar-refractivity contribution is 0.0601. The normalized spacial score (nSPS) is 19.4. The van der Waals surface area contributed by atoms with Gasteiger partial charge in [-0.15, -0.1) is 0 Å². The summed E-state index contributed by atoms with van der Waals surface area (Å²) in [4.78, 5) is 13.7. The van der Waals surface area contributed by atoms with Crippen LogP contribution < -0.4 is 11.1 Å². The van der Waals surface area contributed by atoms with Gasteiger partial charge in [0.15, 0.2) is 0 Å². The van der Waals surface area contributed by atoms with Crippen molar-refractivity contribution < 1.29 is 9.53 Å². The van der Waals surface area contributed by atoms with Crippen LogP contribution in [-0.2, 0) is 4.74 Å². The van der Waals surface area contributed by atoms with Crippen LogP contribution in [0.25, 0.3) is 0 Å². The van der Waals surface area contributed by atoms with Crippen LogP contribution in [0, 0.1) is 5.92 Å². The standard InChI is InChI=1S/C14H21N3O2/c1-17-6-5-10(9-17)8-16-13-4-3-11(7-12(13)15)14(18)19-2/h3-4,7,10,16H,5-6,8-9,15H2,1-2H3. The van der Waals surface area contributed by atoms with E-state index in [1.165, 1.54) is 13.5 Å². The molecule has 1 aromatic rings. The highest BCUT2D eigenvalue weighted by atomic mass is 16.5. The van der Waals surface area contributed by atoms with E-state index in [9.17, 15) is 4.79 Å². The van der Waals surface area contributed by atoms with Gasteiger partial charge in [0.05, 0.1) is 24.0 Å². The fraction of sp³-hybridized carbons (Fsp3) is 0.500. The number of carbonyl (C=O) groups excluding carboxylic acids is 1. The van der Waals surface area contributed by atoms with Gasteiger partial charge in [0.2, 0.25) is 0 Å². The Kier molecular flexibility index (Phi) is 4.27. The van der Waals surface area contributed by atoms with Crippen molar-refractivity contribution in [3.8, 4) is 0 Å². The van der Waals surface area contributed by atoms with Crippen LogP contribution in [0.5, 0.6) is 0 Å². The predicted octanol–water partition coefficient (Wildman–Crippen LogP) is 1.42. The second kappa shape index (κ2) is 5.93. The number of rotatable bonds is 4. The predicted molar refractivity (Wildman–Crippen MR) is 76.3 cm³/mol. The molecule has 0 aromatic heterocycles. The van der Waals surface area contributed by atoms with E-state index in [1.807, 2.05) is 6.07 Å². The molecule has 2 rings (SSSR count). The number of nitrogens with zero attached hydrogens (tertiary/aromatic N) is 1. The number of hydrogen-bond donors (Lipinski definition) is 2. The Balaban J connectivity index is 1.95. The highest BCUT2D eigenvalue weighted by molar-refractivity contribution is 5.91. The van der Waals surface area contributed by atoms with Gasteiger partial charge in [-0.3, -0.25) is 0 Å². The van der Waals surface area contributed by atoms with E-state index in [4.69, 9.17) is 5.73 Å². The second-order valence-corrected chi connectivity index (χ2v) is 5.09. The number of carbonyl (C=O) groups is 1. The van der Waals surface area contributed by atoms with Crippen molar-refractivity contribution in [2.24, 2.45) is 5.92 Å². The summed E-state index contributed by atoms with van der Waals surface area (Å²) in [5, 5.41) is 3.36. The number of nitrogen functional groups attached to an aromatic ring is 1. The molecule has 19 heavy (non-hydrogen) atoms. The maximum atomic E-state index is 11.4. The highest BCUT2D eigenvalue weighted by Crippen LogP contribution is 2.22. The molecule has 0 radical (unpaired) electrons. The molecule has 1 atom stereocenters. The van der Waals surface area contributed by atoms with Crippen LogP contribution in [0.15, 0.2) is 18.2 Å². The summed E-state index contributed by atoms with van der Waals surface area (Å²) < 4.78 is 4.66. The van der Waals surface area contributed by atoms with Gasteiger partial charge in [-0.05, 0) is 44.1 Å². The monoisotopic (exact) mass is 263 g/mol. The maximum absolute atomic E-state index is 11.4. The Hall–Kier alpha value is -1.75. The summed E-state index contributed by atoms with van der Waals surface area (Å²) in [5.41, 5.74) is 7.88. The molecule has 0 saturated carbocycles. The first kappa shape index (κ1) is 13.7. The van der Waals surface area contributed by atoms with Crippen molar-refractivity contribution in [1.29, 1.82) is 0 Å². The smallest absolute Gasteiger partial charge is 0.337 e. The zero-order valence-corrected chi connectivity index (χ0v) is 11.5. The van der Waals surface area contributed by atoms with Gasteiger partial charge in [0.1, 0.15) is 0 Å². The number of anilines is 2. The first-order valence-corrected chi connectivity index (χ1v) is 6.50. The molecule has 0 amide bonds. The first-order chi connectivity index (χ1) is 9.10.